The molecule has 1 N–H and O–H groups in total. The van der Waals surface area contributed by atoms with E-state index in [0.717, 1.165) is 0 Å². The van der Waals surface area contributed by atoms with Crippen molar-refractivity contribution in [3.05, 3.63) is 29.8 Å². The monoisotopic (exact) mass is 241 g/mol. The van der Waals surface area contributed by atoms with Gasteiger partial charge in [-0.15, -0.1) is 0 Å². The topological polar surface area (TPSA) is 97.4 Å². The molecule has 0 aromatic heterocycles. The largest absolute Gasteiger partial charge is 0.295 e. The fourth-order valence-corrected chi connectivity index (χ4v) is 2.29. The smallest absolute Gasteiger partial charge is 0.266 e. The molecule has 0 bridgehead atoms. The van der Waals surface area contributed by atoms with Crippen LogP contribution < -0.4 is 4.72 Å². The van der Waals surface area contributed by atoms with Crippen LogP contribution in [-0.2, 0) is 19.6 Å². The van der Waals surface area contributed by atoms with E-state index in [9.17, 15) is 13.2 Å². The molecule has 0 saturated heterocycles. The highest BCUT2D eigenvalue weighted by Crippen LogP contribution is 2.20. The number of benzene rings is 1. The first-order chi connectivity index (χ1) is 7.53. The molecular weight excluding hydrogens is 234 g/mol. The average Bonchev–Trinajstić information content (AvgIpc) is 2.51. The predicted molar refractivity (Wildman–Crippen MR) is 53.2 cm³/mol. The van der Waals surface area contributed by atoms with Gasteiger partial charge in [-0.25, -0.2) is 13.1 Å². The quantitative estimate of drug-likeness (QED) is 0.528. The summed E-state index contributed by atoms with van der Waals surface area (Å²) in [7, 11) is -3.55. The molecule has 1 aliphatic rings. The summed E-state index contributed by atoms with van der Waals surface area (Å²) in [6, 6.07) is 6.09. The Morgan fingerprint density at radius 1 is 1.06 bits per heavy atom. The van der Waals surface area contributed by atoms with E-state index < -0.39 is 15.9 Å². The van der Waals surface area contributed by atoms with E-state index in [1.807, 2.05) is 4.72 Å². The second kappa shape index (κ2) is 4.67. The number of amides is 1. The zero-order chi connectivity index (χ0) is 12.2. The van der Waals surface area contributed by atoms with E-state index in [-0.39, 0.29) is 23.0 Å². The van der Waals surface area contributed by atoms with Crippen LogP contribution in [0.4, 0.5) is 0 Å². The van der Waals surface area contributed by atoms with Crippen LogP contribution in [0.5, 0.6) is 0 Å². The summed E-state index contributed by atoms with van der Waals surface area (Å²) >= 11 is 0. The summed E-state index contributed by atoms with van der Waals surface area (Å²) in [5.41, 5.74) is 0.220. The molecule has 0 fully saturated rings. The van der Waals surface area contributed by atoms with Crippen molar-refractivity contribution in [3.63, 3.8) is 0 Å². The minimum absolute atomic E-state index is 0.0648. The molecule has 0 unspecified atom stereocenters. The summed E-state index contributed by atoms with van der Waals surface area (Å²) < 4.78 is 24.2. The summed E-state index contributed by atoms with van der Waals surface area (Å²) in [4.78, 5) is 28.7. The maximum atomic E-state index is 11.1. The summed E-state index contributed by atoms with van der Waals surface area (Å²) in [5.74, 6) is -0.550. The van der Waals surface area contributed by atoms with E-state index in [1.54, 1.807) is 12.1 Å². The van der Waals surface area contributed by atoms with E-state index in [0.29, 0.717) is 0 Å². The van der Waals surface area contributed by atoms with E-state index in [2.05, 4.69) is 0 Å². The standard InChI is InChI=1S/C7H5NO3S.C2H2O2/c9-7-5-3-1-2-4-6(5)12(10,11)8-7;3-1-2-4/h1-4H,(H,8,9);1-2H. The van der Waals surface area contributed by atoms with Crippen molar-refractivity contribution >= 4 is 28.5 Å². The van der Waals surface area contributed by atoms with Crippen molar-refractivity contribution < 1.29 is 22.8 Å². The minimum Gasteiger partial charge on any atom is -0.295 e. The Kier molecular flexibility index (Phi) is 3.51. The Bertz CT molecular complexity index is 529. The van der Waals surface area contributed by atoms with E-state index in [4.69, 9.17) is 9.59 Å². The van der Waals surface area contributed by atoms with Crippen LogP contribution in [0.3, 0.4) is 0 Å². The molecule has 0 radical (unpaired) electrons. The van der Waals surface area contributed by atoms with Gasteiger partial charge in [0.25, 0.3) is 15.9 Å². The van der Waals surface area contributed by atoms with Crippen LogP contribution in [0.25, 0.3) is 0 Å². The van der Waals surface area contributed by atoms with Gasteiger partial charge in [0.15, 0.2) is 12.6 Å². The number of carbonyl (C=O) groups is 3. The number of carbonyl (C=O) groups excluding carboxylic acids is 3. The van der Waals surface area contributed by atoms with Gasteiger partial charge >= 0.3 is 0 Å². The molecule has 0 saturated carbocycles. The van der Waals surface area contributed by atoms with Crippen LogP contribution in [0.1, 0.15) is 10.4 Å². The number of rotatable bonds is 1. The highest BCUT2D eigenvalue weighted by atomic mass is 32.2. The summed E-state index contributed by atoms with van der Waals surface area (Å²) in [6.07, 6.45) is 0.389. The van der Waals surface area contributed by atoms with Crippen LogP contribution in [0.15, 0.2) is 29.2 Å². The maximum absolute atomic E-state index is 11.1. The predicted octanol–water partition coefficient (Wildman–Crippen LogP) is -0.497. The van der Waals surface area contributed by atoms with Crippen molar-refractivity contribution in [1.82, 2.24) is 4.72 Å². The molecule has 16 heavy (non-hydrogen) atoms. The fourth-order valence-electron chi connectivity index (χ4n) is 1.12. The van der Waals surface area contributed by atoms with Gasteiger partial charge < -0.3 is 0 Å². The molecule has 1 aromatic rings. The van der Waals surface area contributed by atoms with Gasteiger partial charge in [0.1, 0.15) is 4.90 Å². The Balaban J connectivity index is 0.000000280. The van der Waals surface area contributed by atoms with Crippen LogP contribution in [0.2, 0.25) is 0 Å². The third-order valence-electron chi connectivity index (χ3n) is 1.70. The Hall–Kier alpha value is -2.02. The molecule has 1 aromatic carbocycles. The van der Waals surface area contributed by atoms with Crippen molar-refractivity contribution in [2.45, 2.75) is 4.90 Å². The minimum atomic E-state index is -3.55. The first-order valence-electron chi connectivity index (χ1n) is 4.08. The number of sulfonamides is 1. The lowest BCUT2D eigenvalue weighted by Crippen LogP contribution is -2.20. The van der Waals surface area contributed by atoms with E-state index in [1.165, 1.54) is 12.1 Å². The normalized spacial score (nSPS) is 15.1. The molecule has 7 heteroatoms. The SMILES string of the molecule is O=C1NS(=O)(=O)c2ccccc21.O=CC=O. The lowest BCUT2D eigenvalue weighted by Gasteiger charge is -1.91. The van der Waals surface area contributed by atoms with Gasteiger partial charge in [0, 0.05) is 0 Å². The summed E-state index contributed by atoms with van der Waals surface area (Å²) in [5, 5.41) is 0. The molecule has 1 amide bonds. The molecule has 2 rings (SSSR count). The average molecular weight is 241 g/mol. The number of hydrogen-bond donors (Lipinski definition) is 1. The lowest BCUT2D eigenvalue weighted by atomic mass is 10.2. The second-order valence-corrected chi connectivity index (χ2v) is 4.35. The van der Waals surface area contributed by atoms with Crippen molar-refractivity contribution in [3.8, 4) is 0 Å². The van der Waals surface area contributed by atoms with Gasteiger partial charge in [-0.3, -0.25) is 14.4 Å². The van der Waals surface area contributed by atoms with Crippen molar-refractivity contribution in [1.29, 1.82) is 0 Å². The second-order valence-electron chi connectivity index (χ2n) is 2.70. The van der Waals surface area contributed by atoms with E-state index >= 15 is 0 Å². The van der Waals surface area contributed by atoms with Crippen LogP contribution in [-0.4, -0.2) is 26.9 Å². The number of hydrogen-bond acceptors (Lipinski definition) is 5. The Labute approximate surface area is 91.3 Å². The molecule has 84 valence electrons. The first kappa shape index (κ1) is 12.1. The zero-order valence-corrected chi connectivity index (χ0v) is 8.73. The molecule has 6 nitrogen and oxygen atoms in total. The van der Waals surface area contributed by atoms with Crippen LogP contribution in [0, 0.1) is 0 Å². The number of aldehydes is 2. The Morgan fingerprint density at radius 2 is 1.62 bits per heavy atom. The van der Waals surface area contributed by atoms with Gasteiger partial charge in [0.2, 0.25) is 0 Å². The van der Waals surface area contributed by atoms with Crippen LogP contribution >= 0.6 is 0 Å². The Morgan fingerprint density at radius 3 is 2.12 bits per heavy atom. The van der Waals surface area contributed by atoms with Gasteiger partial charge in [0.05, 0.1) is 5.56 Å². The fraction of sp³-hybridized carbons (Fsp3) is 0. The molecule has 0 atom stereocenters. The van der Waals surface area contributed by atoms with Gasteiger partial charge in [-0.05, 0) is 12.1 Å². The molecular formula is C9H7NO5S. The summed E-state index contributed by atoms with van der Waals surface area (Å²) in [6.45, 7) is 0. The zero-order valence-electron chi connectivity index (χ0n) is 7.91. The molecule has 0 spiro atoms. The highest BCUT2D eigenvalue weighted by Gasteiger charge is 2.31. The first-order valence-corrected chi connectivity index (χ1v) is 5.56. The number of fused-ring (bicyclic) bond motifs is 1. The maximum Gasteiger partial charge on any atom is 0.266 e. The molecule has 1 heterocycles. The third kappa shape index (κ3) is 2.31. The molecule has 0 aliphatic carbocycles. The molecule has 1 aliphatic heterocycles. The van der Waals surface area contributed by atoms with Crippen molar-refractivity contribution in [2.24, 2.45) is 0 Å². The highest BCUT2D eigenvalue weighted by molar-refractivity contribution is 7.90. The lowest BCUT2D eigenvalue weighted by molar-refractivity contribution is -0.122. The van der Waals surface area contributed by atoms with Gasteiger partial charge in [-0.1, -0.05) is 12.1 Å². The van der Waals surface area contributed by atoms with Crippen molar-refractivity contribution in [2.75, 3.05) is 0 Å². The third-order valence-corrected chi connectivity index (χ3v) is 3.09. The number of nitrogens with one attached hydrogen (secondary N) is 1. The van der Waals surface area contributed by atoms with Gasteiger partial charge in [-0.2, -0.15) is 0 Å².